The smallest absolute Gasteiger partial charge is 0.282 e. The van der Waals surface area contributed by atoms with E-state index in [1.807, 2.05) is 11.6 Å². The molecule has 1 aromatic rings. The summed E-state index contributed by atoms with van der Waals surface area (Å²) in [5.41, 5.74) is 0.884. The first-order valence-corrected chi connectivity index (χ1v) is 6.72. The molecular formula is C9H15N3O3S. The number of aromatic amines is 1. The lowest BCUT2D eigenvalue weighted by Crippen LogP contribution is -2.32. The number of H-pyrrole nitrogens is 1. The SMILES string of the molecule is CCCS(=O)(=O)NC(=O)c1cc(CC)[nH]n1. The van der Waals surface area contributed by atoms with Crippen LogP contribution in [-0.4, -0.2) is 30.3 Å². The zero-order chi connectivity index (χ0) is 12.2. The molecule has 0 fully saturated rings. The number of carbonyl (C=O) groups is 1. The van der Waals surface area contributed by atoms with Crippen molar-refractivity contribution in [2.45, 2.75) is 26.7 Å². The molecule has 1 amide bonds. The van der Waals surface area contributed by atoms with Crippen LogP contribution in [0.5, 0.6) is 0 Å². The molecule has 1 aromatic heterocycles. The van der Waals surface area contributed by atoms with Gasteiger partial charge in [0.25, 0.3) is 5.91 Å². The van der Waals surface area contributed by atoms with Crippen molar-refractivity contribution in [3.05, 3.63) is 17.5 Å². The molecule has 2 N–H and O–H groups in total. The van der Waals surface area contributed by atoms with Crippen LogP contribution >= 0.6 is 0 Å². The maximum Gasteiger partial charge on any atom is 0.285 e. The predicted molar refractivity (Wildman–Crippen MR) is 59.5 cm³/mol. The van der Waals surface area contributed by atoms with Crippen LogP contribution in [0.25, 0.3) is 0 Å². The predicted octanol–water partition coefficient (Wildman–Crippen LogP) is 0.442. The summed E-state index contributed by atoms with van der Waals surface area (Å²) in [6, 6.07) is 1.54. The highest BCUT2D eigenvalue weighted by Crippen LogP contribution is 2.01. The molecule has 90 valence electrons. The van der Waals surface area contributed by atoms with E-state index in [0.717, 1.165) is 5.69 Å². The van der Waals surface area contributed by atoms with Crippen molar-refractivity contribution in [2.75, 3.05) is 5.75 Å². The van der Waals surface area contributed by atoms with Crippen molar-refractivity contribution in [1.82, 2.24) is 14.9 Å². The minimum absolute atomic E-state index is 0.0657. The van der Waals surface area contributed by atoms with E-state index in [2.05, 4.69) is 10.2 Å². The van der Waals surface area contributed by atoms with Crippen LogP contribution < -0.4 is 4.72 Å². The van der Waals surface area contributed by atoms with E-state index in [1.165, 1.54) is 6.07 Å². The normalized spacial score (nSPS) is 11.4. The number of carbonyl (C=O) groups excluding carboxylic acids is 1. The third kappa shape index (κ3) is 3.34. The molecule has 0 aromatic carbocycles. The van der Waals surface area contributed by atoms with Gasteiger partial charge in [0.15, 0.2) is 5.69 Å². The van der Waals surface area contributed by atoms with E-state index in [0.29, 0.717) is 12.8 Å². The second kappa shape index (κ2) is 5.11. The second-order valence-electron chi connectivity index (χ2n) is 3.38. The fraction of sp³-hybridized carbons (Fsp3) is 0.556. The highest BCUT2D eigenvalue weighted by Gasteiger charge is 2.17. The molecular weight excluding hydrogens is 230 g/mol. The quantitative estimate of drug-likeness (QED) is 0.787. The molecule has 6 nitrogen and oxygen atoms in total. The topological polar surface area (TPSA) is 91.9 Å². The summed E-state index contributed by atoms with van der Waals surface area (Å²) in [7, 11) is -3.53. The van der Waals surface area contributed by atoms with Crippen LogP contribution in [0.4, 0.5) is 0 Å². The molecule has 0 spiro atoms. The van der Waals surface area contributed by atoms with Gasteiger partial charge in [-0.25, -0.2) is 13.1 Å². The van der Waals surface area contributed by atoms with Crippen LogP contribution in [0.1, 0.15) is 36.5 Å². The average Bonchev–Trinajstić information content (AvgIpc) is 2.64. The van der Waals surface area contributed by atoms with Gasteiger partial charge in [-0.1, -0.05) is 13.8 Å². The molecule has 16 heavy (non-hydrogen) atoms. The van der Waals surface area contributed by atoms with Crippen molar-refractivity contribution in [3.8, 4) is 0 Å². The van der Waals surface area contributed by atoms with Gasteiger partial charge in [0, 0.05) is 5.69 Å². The first kappa shape index (κ1) is 12.7. The molecule has 1 heterocycles. The first-order chi connectivity index (χ1) is 7.48. The van der Waals surface area contributed by atoms with Gasteiger partial charge >= 0.3 is 0 Å². The molecule has 0 bridgehead atoms. The van der Waals surface area contributed by atoms with E-state index in [-0.39, 0.29) is 11.4 Å². The Balaban J connectivity index is 2.72. The summed E-state index contributed by atoms with van der Waals surface area (Å²) in [6.07, 6.45) is 1.17. The summed E-state index contributed by atoms with van der Waals surface area (Å²) < 4.78 is 24.6. The molecule has 0 aliphatic heterocycles. The van der Waals surface area contributed by atoms with Crippen molar-refractivity contribution in [1.29, 1.82) is 0 Å². The lowest BCUT2D eigenvalue weighted by atomic mass is 10.3. The van der Waals surface area contributed by atoms with E-state index < -0.39 is 15.9 Å². The molecule has 0 aliphatic rings. The third-order valence-electron chi connectivity index (χ3n) is 1.97. The van der Waals surface area contributed by atoms with Gasteiger partial charge in [0.1, 0.15) is 0 Å². The van der Waals surface area contributed by atoms with Crippen LogP contribution in [0.2, 0.25) is 0 Å². The van der Waals surface area contributed by atoms with Gasteiger partial charge in [-0.3, -0.25) is 9.89 Å². The Labute approximate surface area is 94.5 Å². The van der Waals surface area contributed by atoms with E-state index in [9.17, 15) is 13.2 Å². The zero-order valence-corrected chi connectivity index (χ0v) is 10.1. The van der Waals surface area contributed by atoms with Crippen molar-refractivity contribution in [2.24, 2.45) is 0 Å². The Kier molecular flexibility index (Phi) is 4.05. The molecule has 7 heteroatoms. The molecule has 1 rings (SSSR count). The third-order valence-corrected chi connectivity index (χ3v) is 3.41. The Morgan fingerprint density at radius 1 is 1.50 bits per heavy atom. The lowest BCUT2D eigenvalue weighted by molar-refractivity contribution is 0.0976. The fourth-order valence-corrected chi connectivity index (χ4v) is 2.20. The highest BCUT2D eigenvalue weighted by molar-refractivity contribution is 7.90. The van der Waals surface area contributed by atoms with Crippen molar-refractivity contribution in [3.63, 3.8) is 0 Å². The molecule has 0 unspecified atom stereocenters. The average molecular weight is 245 g/mol. The number of nitrogens with one attached hydrogen (secondary N) is 2. The fourth-order valence-electron chi connectivity index (χ4n) is 1.17. The maximum atomic E-state index is 11.5. The highest BCUT2D eigenvalue weighted by atomic mass is 32.2. The van der Waals surface area contributed by atoms with Crippen molar-refractivity contribution >= 4 is 15.9 Å². The first-order valence-electron chi connectivity index (χ1n) is 5.07. The molecule has 0 atom stereocenters. The summed E-state index contributed by atoms with van der Waals surface area (Å²) in [4.78, 5) is 11.5. The standard InChI is InChI=1S/C9H15N3O3S/c1-3-5-16(14,15)12-9(13)8-6-7(4-2)10-11-8/h6H,3-5H2,1-2H3,(H,10,11)(H,12,13). The van der Waals surface area contributed by atoms with Gasteiger partial charge in [-0.05, 0) is 18.9 Å². The summed E-state index contributed by atoms with van der Waals surface area (Å²) in [5, 5.41) is 6.38. The van der Waals surface area contributed by atoms with Gasteiger partial charge < -0.3 is 0 Å². The van der Waals surface area contributed by atoms with Crippen LogP contribution in [0, 0.1) is 0 Å². The Morgan fingerprint density at radius 3 is 2.69 bits per heavy atom. The van der Waals surface area contributed by atoms with Gasteiger partial charge in [-0.2, -0.15) is 5.10 Å². The molecule has 0 saturated heterocycles. The number of nitrogens with zero attached hydrogens (tertiary/aromatic N) is 1. The number of hydrogen-bond donors (Lipinski definition) is 2. The summed E-state index contributed by atoms with van der Waals surface area (Å²) >= 11 is 0. The van der Waals surface area contributed by atoms with E-state index in [1.54, 1.807) is 6.92 Å². The molecule has 0 saturated carbocycles. The number of rotatable bonds is 5. The van der Waals surface area contributed by atoms with Gasteiger partial charge in [0.05, 0.1) is 5.75 Å². The Bertz CT molecular complexity index is 464. The number of aryl methyl sites for hydroxylation is 1. The molecule has 0 aliphatic carbocycles. The summed E-state index contributed by atoms with van der Waals surface area (Å²) in [6.45, 7) is 3.64. The number of aromatic nitrogens is 2. The number of amides is 1. The van der Waals surface area contributed by atoms with Crippen molar-refractivity contribution < 1.29 is 13.2 Å². The zero-order valence-electron chi connectivity index (χ0n) is 9.28. The van der Waals surface area contributed by atoms with Gasteiger partial charge in [-0.15, -0.1) is 0 Å². The lowest BCUT2D eigenvalue weighted by Gasteiger charge is -2.02. The maximum absolute atomic E-state index is 11.5. The monoisotopic (exact) mass is 245 g/mol. The molecule has 0 radical (unpaired) electrons. The minimum atomic E-state index is -3.53. The Morgan fingerprint density at radius 2 is 2.19 bits per heavy atom. The number of sulfonamides is 1. The van der Waals surface area contributed by atoms with Gasteiger partial charge in [0.2, 0.25) is 10.0 Å². The largest absolute Gasteiger partial charge is 0.285 e. The van der Waals surface area contributed by atoms with Crippen LogP contribution in [0.15, 0.2) is 6.07 Å². The van der Waals surface area contributed by atoms with Crippen LogP contribution in [0.3, 0.4) is 0 Å². The van der Waals surface area contributed by atoms with E-state index in [4.69, 9.17) is 0 Å². The van der Waals surface area contributed by atoms with Crippen LogP contribution in [-0.2, 0) is 16.4 Å². The second-order valence-corrected chi connectivity index (χ2v) is 5.22. The number of hydrogen-bond acceptors (Lipinski definition) is 4. The minimum Gasteiger partial charge on any atom is -0.282 e. The summed E-state index contributed by atoms with van der Waals surface area (Å²) in [5.74, 6) is -0.756. The Hall–Kier alpha value is -1.37. The van der Waals surface area contributed by atoms with E-state index >= 15 is 0 Å².